The van der Waals surface area contributed by atoms with Crippen molar-refractivity contribution in [1.82, 2.24) is 15.1 Å². The van der Waals surface area contributed by atoms with E-state index in [0.29, 0.717) is 6.04 Å². The molecule has 0 aromatic carbocycles. The fourth-order valence-corrected chi connectivity index (χ4v) is 3.28. The quantitative estimate of drug-likeness (QED) is 0.523. The van der Waals surface area contributed by atoms with Crippen LogP contribution in [0.15, 0.2) is 12.7 Å². The van der Waals surface area contributed by atoms with Gasteiger partial charge in [-0.3, -0.25) is 9.80 Å². The van der Waals surface area contributed by atoms with Crippen LogP contribution in [0, 0.1) is 0 Å². The van der Waals surface area contributed by atoms with Gasteiger partial charge in [-0.1, -0.05) is 13.0 Å². The molecule has 2 bridgehead atoms. The van der Waals surface area contributed by atoms with Crippen molar-refractivity contribution in [3.8, 4) is 0 Å². The van der Waals surface area contributed by atoms with Gasteiger partial charge in [0, 0.05) is 44.8 Å². The van der Waals surface area contributed by atoms with Crippen LogP contribution in [0.25, 0.3) is 0 Å². The molecule has 3 heteroatoms. The van der Waals surface area contributed by atoms with Gasteiger partial charge in [-0.2, -0.15) is 0 Å². The fourth-order valence-electron chi connectivity index (χ4n) is 3.28. The van der Waals surface area contributed by atoms with Crippen molar-refractivity contribution in [1.29, 1.82) is 0 Å². The van der Waals surface area contributed by atoms with Crippen LogP contribution >= 0.6 is 0 Å². The van der Waals surface area contributed by atoms with Crippen molar-refractivity contribution in [2.24, 2.45) is 0 Å². The maximum Gasteiger partial charge on any atom is 0.0377 e. The average Bonchev–Trinajstić information content (AvgIpc) is 2.44. The van der Waals surface area contributed by atoms with E-state index in [9.17, 15) is 0 Å². The van der Waals surface area contributed by atoms with Gasteiger partial charge < -0.3 is 5.32 Å². The Bertz CT molecular complexity index is 246. The third kappa shape index (κ3) is 3.56. The van der Waals surface area contributed by atoms with Crippen molar-refractivity contribution in [2.75, 3.05) is 39.3 Å². The molecule has 1 N–H and O–H groups in total. The second-order valence-corrected chi connectivity index (χ2v) is 5.68. The zero-order chi connectivity index (χ0) is 12.8. The molecule has 2 atom stereocenters. The lowest BCUT2D eigenvalue weighted by Gasteiger charge is -2.50. The molecule has 3 fully saturated rings. The Labute approximate surface area is 112 Å². The summed E-state index contributed by atoms with van der Waals surface area (Å²) >= 11 is 0. The first kappa shape index (κ1) is 14.0. The van der Waals surface area contributed by atoms with Crippen LogP contribution in [0.2, 0.25) is 0 Å². The van der Waals surface area contributed by atoms with E-state index >= 15 is 0 Å². The molecule has 18 heavy (non-hydrogen) atoms. The molecular formula is C15H29N3. The van der Waals surface area contributed by atoms with Crippen LogP contribution in [0.5, 0.6) is 0 Å². The number of unbranched alkanes of at least 4 members (excludes halogenated alkanes) is 1. The van der Waals surface area contributed by atoms with Gasteiger partial charge in [0.2, 0.25) is 0 Å². The van der Waals surface area contributed by atoms with E-state index in [-0.39, 0.29) is 0 Å². The summed E-state index contributed by atoms with van der Waals surface area (Å²) in [7, 11) is 0. The summed E-state index contributed by atoms with van der Waals surface area (Å²) in [4.78, 5) is 5.35. The first-order valence-electron chi connectivity index (χ1n) is 7.65. The third-order valence-electron chi connectivity index (χ3n) is 4.37. The van der Waals surface area contributed by atoms with E-state index in [0.717, 1.165) is 19.0 Å². The highest BCUT2D eigenvalue weighted by atomic mass is 15.4. The van der Waals surface area contributed by atoms with Crippen LogP contribution in [0.4, 0.5) is 0 Å². The van der Waals surface area contributed by atoms with Gasteiger partial charge >= 0.3 is 0 Å². The van der Waals surface area contributed by atoms with Gasteiger partial charge in [0.15, 0.2) is 0 Å². The molecule has 0 spiro atoms. The lowest BCUT2D eigenvalue weighted by molar-refractivity contribution is -0.00466. The molecule has 0 aromatic heterocycles. The first-order valence-corrected chi connectivity index (χ1v) is 7.65. The number of allylic oxidation sites excluding steroid dienone is 1. The van der Waals surface area contributed by atoms with Crippen LogP contribution in [0.1, 0.15) is 32.6 Å². The molecule has 3 rings (SSSR count). The van der Waals surface area contributed by atoms with E-state index in [1.54, 1.807) is 0 Å². The van der Waals surface area contributed by atoms with Crippen molar-refractivity contribution < 1.29 is 0 Å². The number of hydrogen-bond acceptors (Lipinski definition) is 3. The molecule has 2 unspecified atom stereocenters. The molecule has 0 radical (unpaired) electrons. The van der Waals surface area contributed by atoms with Gasteiger partial charge in [0.25, 0.3) is 0 Å². The van der Waals surface area contributed by atoms with Gasteiger partial charge in [-0.15, -0.1) is 6.58 Å². The molecule has 104 valence electrons. The zero-order valence-corrected chi connectivity index (χ0v) is 11.9. The molecular weight excluding hydrogens is 222 g/mol. The number of fused-ring (bicyclic) bond motifs is 3. The molecule has 3 heterocycles. The molecule has 0 aromatic rings. The molecule has 0 saturated carbocycles. The number of rotatable bonds is 8. The van der Waals surface area contributed by atoms with Crippen molar-refractivity contribution in [3.63, 3.8) is 0 Å². The highest BCUT2D eigenvalue weighted by Gasteiger charge is 2.35. The monoisotopic (exact) mass is 251 g/mol. The minimum atomic E-state index is 0.674. The number of piperazine rings is 3. The van der Waals surface area contributed by atoms with Gasteiger partial charge in [-0.05, 0) is 32.2 Å². The second kappa shape index (κ2) is 7.27. The predicted octanol–water partition coefficient (Wildman–Crippen LogP) is 1.71. The predicted molar refractivity (Wildman–Crippen MR) is 77.9 cm³/mol. The summed E-state index contributed by atoms with van der Waals surface area (Å²) in [6, 6.07) is 1.41. The second-order valence-electron chi connectivity index (χ2n) is 5.68. The lowest BCUT2D eigenvalue weighted by Crippen LogP contribution is -2.66. The number of hydrogen-bond donors (Lipinski definition) is 1. The van der Waals surface area contributed by atoms with E-state index in [1.807, 2.05) is 6.08 Å². The molecule has 3 aliphatic heterocycles. The molecule has 3 nitrogen and oxygen atoms in total. The van der Waals surface area contributed by atoms with Crippen LogP contribution in [-0.2, 0) is 0 Å². The summed E-state index contributed by atoms with van der Waals surface area (Å²) in [5.74, 6) is 0. The first-order chi connectivity index (χ1) is 8.85. The van der Waals surface area contributed by atoms with E-state index < -0.39 is 0 Å². The van der Waals surface area contributed by atoms with Crippen molar-refractivity contribution in [2.45, 2.75) is 44.7 Å². The van der Waals surface area contributed by atoms with Gasteiger partial charge in [0.05, 0.1) is 0 Å². The minimum absolute atomic E-state index is 0.674. The van der Waals surface area contributed by atoms with Crippen LogP contribution < -0.4 is 5.32 Å². The standard InChI is InChI=1S/C15H29N3/c1-3-5-6-7-14(16-8-4-2)15-13-17-9-11-18(15)12-10-17/h3,14-16H,1,4-13H2,2H3. The maximum absolute atomic E-state index is 3.83. The Kier molecular flexibility index (Phi) is 5.67. The summed E-state index contributed by atoms with van der Waals surface area (Å²) in [6.07, 6.45) is 7.00. The fraction of sp³-hybridized carbons (Fsp3) is 0.867. The van der Waals surface area contributed by atoms with E-state index in [2.05, 4.69) is 28.6 Å². The molecule has 3 aliphatic rings. The molecule has 3 saturated heterocycles. The highest BCUT2D eigenvalue weighted by molar-refractivity contribution is 4.95. The maximum atomic E-state index is 3.83. The zero-order valence-electron chi connectivity index (χ0n) is 11.9. The van der Waals surface area contributed by atoms with Gasteiger partial charge in [-0.25, -0.2) is 0 Å². The largest absolute Gasteiger partial charge is 0.312 e. The Morgan fingerprint density at radius 2 is 2.11 bits per heavy atom. The Morgan fingerprint density at radius 3 is 2.67 bits per heavy atom. The minimum Gasteiger partial charge on any atom is -0.312 e. The van der Waals surface area contributed by atoms with E-state index in [4.69, 9.17) is 0 Å². The normalized spacial score (nSPS) is 32.4. The Morgan fingerprint density at radius 1 is 1.33 bits per heavy atom. The van der Waals surface area contributed by atoms with Crippen LogP contribution in [0.3, 0.4) is 0 Å². The SMILES string of the molecule is C=CCCCC(NCCC)C1CN2CCN1CC2. The lowest BCUT2D eigenvalue weighted by atomic mass is 9.95. The summed E-state index contributed by atoms with van der Waals surface area (Å²) in [5.41, 5.74) is 0. The smallest absolute Gasteiger partial charge is 0.0377 e. The Hall–Kier alpha value is -0.380. The van der Waals surface area contributed by atoms with Crippen LogP contribution in [-0.4, -0.2) is 61.2 Å². The molecule has 0 amide bonds. The number of nitrogens with one attached hydrogen (secondary N) is 1. The summed E-state index contributed by atoms with van der Waals surface area (Å²) < 4.78 is 0. The van der Waals surface area contributed by atoms with E-state index in [1.165, 1.54) is 52.0 Å². The van der Waals surface area contributed by atoms with Crippen molar-refractivity contribution in [3.05, 3.63) is 12.7 Å². The summed E-state index contributed by atoms with van der Waals surface area (Å²) in [5, 5.41) is 3.78. The Balaban J connectivity index is 1.87. The number of nitrogens with zero attached hydrogens (tertiary/aromatic N) is 2. The highest BCUT2D eigenvalue weighted by Crippen LogP contribution is 2.21. The topological polar surface area (TPSA) is 18.5 Å². The summed E-state index contributed by atoms with van der Waals surface area (Å²) in [6.45, 7) is 13.6. The third-order valence-corrected chi connectivity index (χ3v) is 4.37. The van der Waals surface area contributed by atoms with Gasteiger partial charge in [0.1, 0.15) is 0 Å². The average molecular weight is 251 g/mol. The molecule has 0 aliphatic carbocycles. The van der Waals surface area contributed by atoms with Crippen molar-refractivity contribution >= 4 is 0 Å².